The molecule has 0 spiro atoms. The van der Waals surface area contributed by atoms with Gasteiger partial charge >= 0.3 is 5.97 Å². The van der Waals surface area contributed by atoms with Crippen LogP contribution in [0.2, 0.25) is 5.02 Å². The molecule has 1 aromatic carbocycles. The smallest absolute Gasteiger partial charge is 0.337 e. The van der Waals surface area contributed by atoms with E-state index in [4.69, 9.17) is 16.7 Å². The van der Waals surface area contributed by atoms with E-state index in [-0.39, 0.29) is 16.5 Å². The molecule has 6 heteroatoms. The maximum Gasteiger partial charge on any atom is 0.337 e. The summed E-state index contributed by atoms with van der Waals surface area (Å²) in [5.41, 5.74) is 1.81. The summed E-state index contributed by atoms with van der Waals surface area (Å²) in [4.78, 5) is 27.3. The zero-order valence-corrected chi connectivity index (χ0v) is 14.1. The molecule has 0 radical (unpaired) electrons. The van der Waals surface area contributed by atoms with Crippen LogP contribution in [0.4, 0.5) is 5.69 Å². The monoisotopic (exact) mass is 346 g/mol. The summed E-state index contributed by atoms with van der Waals surface area (Å²) < 4.78 is 0. The van der Waals surface area contributed by atoms with E-state index in [0.717, 1.165) is 24.8 Å². The Morgan fingerprint density at radius 2 is 2.00 bits per heavy atom. The number of anilines is 1. The lowest BCUT2D eigenvalue weighted by Crippen LogP contribution is -2.14. The van der Waals surface area contributed by atoms with Crippen molar-refractivity contribution in [2.24, 2.45) is 0 Å². The minimum Gasteiger partial charge on any atom is -0.478 e. The van der Waals surface area contributed by atoms with E-state index in [1.54, 1.807) is 12.3 Å². The second kappa shape index (κ2) is 8.45. The lowest BCUT2D eigenvalue weighted by atomic mass is 10.1. The Hall–Kier alpha value is -2.40. The number of amides is 1. The number of carboxylic acids is 1. The van der Waals surface area contributed by atoms with Crippen LogP contribution in [0, 0.1) is 0 Å². The van der Waals surface area contributed by atoms with Crippen LogP contribution in [0.1, 0.15) is 52.6 Å². The van der Waals surface area contributed by atoms with E-state index in [0.29, 0.717) is 11.4 Å². The van der Waals surface area contributed by atoms with E-state index in [2.05, 4.69) is 17.2 Å². The fourth-order valence-corrected chi connectivity index (χ4v) is 2.51. The fourth-order valence-electron chi connectivity index (χ4n) is 2.25. The second-order valence-electron chi connectivity index (χ2n) is 5.46. The molecule has 2 aromatic rings. The van der Waals surface area contributed by atoms with Gasteiger partial charge in [0.2, 0.25) is 0 Å². The number of aryl methyl sites for hydroxylation is 1. The van der Waals surface area contributed by atoms with Crippen molar-refractivity contribution in [2.45, 2.75) is 32.6 Å². The average Bonchev–Trinajstić information content (AvgIpc) is 2.55. The van der Waals surface area contributed by atoms with Crippen molar-refractivity contribution >= 4 is 29.2 Å². The highest BCUT2D eigenvalue weighted by Crippen LogP contribution is 2.21. The van der Waals surface area contributed by atoms with Gasteiger partial charge in [0.25, 0.3) is 5.91 Å². The van der Waals surface area contributed by atoms with Crippen LogP contribution in [0.3, 0.4) is 0 Å². The third-order valence-corrected chi connectivity index (χ3v) is 3.90. The van der Waals surface area contributed by atoms with Gasteiger partial charge in [-0.15, -0.1) is 0 Å². The Balaban J connectivity index is 2.01. The van der Waals surface area contributed by atoms with Crippen LogP contribution in [-0.4, -0.2) is 22.0 Å². The summed E-state index contributed by atoms with van der Waals surface area (Å²) in [6, 6.07) is 7.83. The van der Waals surface area contributed by atoms with E-state index in [1.807, 2.05) is 6.07 Å². The van der Waals surface area contributed by atoms with Gasteiger partial charge in [0.05, 0.1) is 10.6 Å². The number of unbranched alkanes of at least 4 members (excludes halogenated alkanes) is 2. The Labute approximate surface area is 145 Å². The Morgan fingerprint density at radius 1 is 1.21 bits per heavy atom. The first-order chi connectivity index (χ1) is 11.5. The molecule has 0 fully saturated rings. The van der Waals surface area contributed by atoms with Crippen LogP contribution < -0.4 is 5.32 Å². The molecule has 0 saturated carbocycles. The van der Waals surface area contributed by atoms with E-state index in [1.165, 1.54) is 24.6 Å². The minimum atomic E-state index is -1.11. The van der Waals surface area contributed by atoms with Gasteiger partial charge < -0.3 is 10.4 Å². The topological polar surface area (TPSA) is 79.3 Å². The zero-order valence-electron chi connectivity index (χ0n) is 13.4. The third kappa shape index (κ3) is 4.80. The SMILES string of the molecule is CCCCCc1ccc(C(=O)Nc2ccc(C(=O)O)c(Cl)c2)nc1. The van der Waals surface area contributed by atoms with Crippen molar-refractivity contribution in [3.63, 3.8) is 0 Å². The third-order valence-electron chi connectivity index (χ3n) is 3.58. The number of aromatic carboxylic acids is 1. The number of carbonyl (C=O) groups excluding carboxylic acids is 1. The number of pyridine rings is 1. The number of hydrogen-bond donors (Lipinski definition) is 2. The largest absolute Gasteiger partial charge is 0.478 e. The Kier molecular flexibility index (Phi) is 6.32. The van der Waals surface area contributed by atoms with E-state index in [9.17, 15) is 9.59 Å². The number of carboxylic acid groups (broad SMARTS) is 1. The van der Waals surface area contributed by atoms with Crippen LogP contribution >= 0.6 is 11.6 Å². The van der Waals surface area contributed by atoms with Crippen LogP contribution in [0.25, 0.3) is 0 Å². The molecule has 0 unspecified atom stereocenters. The molecular formula is C18H19ClN2O3. The van der Waals surface area contributed by atoms with Crippen LogP contribution in [0.15, 0.2) is 36.5 Å². The normalized spacial score (nSPS) is 10.4. The summed E-state index contributed by atoms with van der Waals surface area (Å²) in [6.07, 6.45) is 6.12. The molecule has 0 bridgehead atoms. The van der Waals surface area contributed by atoms with E-state index >= 15 is 0 Å². The number of hydrogen-bond acceptors (Lipinski definition) is 3. The number of benzene rings is 1. The predicted molar refractivity (Wildman–Crippen MR) is 93.8 cm³/mol. The first-order valence-corrected chi connectivity index (χ1v) is 8.18. The van der Waals surface area contributed by atoms with Gasteiger partial charge in [0, 0.05) is 11.9 Å². The van der Waals surface area contributed by atoms with Crippen molar-refractivity contribution in [3.05, 3.63) is 58.4 Å². The lowest BCUT2D eigenvalue weighted by molar-refractivity contribution is 0.0697. The molecular weight excluding hydrogens is 328 g/mol. The number of halogens is 1. The summed E-state index contributed by atoms with van der Waals surface area (Å²) >= 11 is 5.89. The van der Waals surface area contributed by atoms with Gasteiger partial charge in [-0.1, -0.05) is 37.4 Å². The molecule has 0 aliphatic heterocycles. The fraction of sp³-hybridized carbons (Fsp3) is 0.278. The van der Waals surface area contributed by atoms with Gasteiger partial charge in [0.15, 0.2) is 0 Å². The van der Waals surface area contributed by atoms with Crippen LogP contribution in [0.5, 0.6) is 0 Å². The number of rotatable bonds is 7. The molecule has 5 nitrogen and oxygen atoms in total. The molecule has 24 heavy (non-hydrogen) atoms. The molecule has 126 valence electrons. The second-order valence-corrected chi connectivity index (χ2v) is 5.87. The highest BCUT2D eigenvalue weighted by Gasteiger charge is 2.12. The van der Waals surface area contributed by atoms with Crippen LogP contribution in [-0.2, 0) is 6.42 Å². The molecule has 1 heterocycles. The standard InChI is InChI=1S/C18H19ClN2O3/c1-2-3-4-5-12-6-9-16(20-11-12)17(22)21-13-7-8-14(18(23)24)15(19)10-13/h6-11H,2-5H2,1H3,(H,21,22)(H,23,24). The predicted octanol–water partition coefficient (Wildman–Crippen LogP) is 4.42. The van der Waals surface area contributed by atoms with E-state index < -0.39 is 5.97 Å². The number of carbonyl (C=O) groups is 2. The molecule has 1 amide bonds. The minimum absolute atomic E-state index is 0.00998. The van der Waals surface area contributed by atoms with Gasteiger partial charge in [-0.25, -0.2) is 4.79 Å². The first-order valence-electron chi connectivity index (χ1n) is 7.80. The van der Waals surface area contributed by atoms with Gasteiger partial charge in [-0.3, -0.25) is 9.78 Å². The summed E-state index contributed by atoms with van der Waals surface area (Å²) in [6.45, 7) is 2.15. The molecule has 0 atom stereocenters. The van der Waals surface area contributed by atoms with Gasteiger partial charge in [-0.05, 0) is 42.7 Å². The molecule has 2 N–H and O–H groups in total. The maximum absolute atomic E-state index is 12.2. The maximum atomic E-state index is 12.2. The lowest BCUT2D eigenvalue weighted by Gasteiger charge is -2.07. The highest BCUT2D eigenvalue weighted by molar-refractivity contribution is 6.33. The molecule has 1 aromatic heterocycles. The first kappa shape index (κ1) is 17.9. The quantitative estimate of drug-likeness (QED) is 0.727. The Bertz CT molecular complexity index is 730. The van der Waals surface area contributed by atoms with Gasteiger partial charge in [-0.2, -0.15) is 0 Å². The number of nitrogens with zero attached hydrogens (tertiary/aromatic N) is 1. The molecule has 0 aliphatic rings. The van der Waals surface area contributed by atoms with Crippen molar-refractivity contribution in [1.29, 1.82) is 0 Å². The van der Waals surface area contributed by atoms with Crippen molar-refractivity contribution in [2.75, 3.05) is 5.32 Å². The number of aromatic nitrogens is 1. The highest BCUT2D eigenvalue weighted by atomic mass is 35.5. The molecule has 0 aliphatic carbocycles. The Morgan fingerprint density at radius 3 is 2.58 bits per heavy atom. The summed E-state index contributed by atoms with van der Waals surface area (Å²) in [5, 5.41) is 11.7. The average molecular weight is 347 g/mol. The van der Waals surface area contributed by atoms with Gasteiger partial charge in [0.1, 0.15) is 5.69 Å². The summed E-state index contributed by atoms with van der Waals surface area (Å²) in [5.74, 6) is -1.48. The molecule has 2 rings (SSSR count). The number of nitrogens with one attached hydrogen (secondary N) is 1. The molecule has 0 saturated heterocycles. The van der Waals surface area contributed by atoms with Crippen molar-refractivity contribution < 1.29 is 14.7 Å². The van der Waals surface area contributed by atoms with Crippen molar-refractivity contribution in [1.82, 2.24) is 4.98 Å². The van der Waals surface area contributed by atoms with Crippen molar-refractivity contribution in [3.8, 4) is 0 Å². The summed E-state index contributed by atoms with van der Waals surface area (Å²) in [7, 11) is 0. The zero-order chi connectivity index (χ0) is 17.5.